The second-order valence-corrected chi connectivity index (χ2v) is 7.08. The number of carbonyl (C=O) groups excluding carboxylic acids is 1. The van der Waals surface area contributed by atoms with Gasteiger partial charge in [0.05, 0.1) is 10.7 Å². The van der Waals surface area contributed by atoms with Crippen molar-refractivity contribution in [3.8, 4) is 0 Å². The molecule has 1 amide bonds. The summed E-state index contributed by atoms with van der Waals surface area (Å²) < 4.78 is 0.909. The average molecular weight is 427 g/mol. The second-order valence-electron chi connectivity index (χ2n) is 4.71. The van der Waals surface area contributed by atoms with Crippen molar-refractivity contribution in [3.05, 3.63) is 68.5 Å². The molecule has 4 nitrogen and oxygen atoms in total. The molecule has 124 valence electrons. The van der Waals surface area contributed by atoms with Crippen LogP contribution in [0.2, 0.25) is 5.02 Å². The number of hydrogen-bond donors (Lipinski definition) is 2. The van der Waals surface area contributed by atoms with E-state index in [1.807, 2.05) is 12.1 Å². The molecule has 24 heavy (non-hydrogen) atoms. The van der Waals surface area contributed by atoms with Crippen molar-refractivity contribution in [1.82, 2.24) is 0 Å². The average Bonchev–Trinajstić information content (AvgIpc) is 2.55. The molecular formula is C17H13BrClNO3S. The van der Waals surface area contributed by atoms with E-state index in [1.165, 1.54) is 6.08 Å². The van der Waals surface area contributed by atoms with Gasteiger partial charge in [0.1, 0.15) is 0 Å². The summed E-state index contributed by atoms with van der Waals surface area (Å²) in [5.74, 6) is -1.36. The number of benzene rings is 2. The van der Waals surface area contributed by atoms with Crippen molar-refractivity contribution in [2.45, 2.75) is 0 Å². The Morgan fingerprint density at radius 2 is 1.75 bits per heavy atom. The number of thioether (sulfide) groups is 1. The van der Waals surface area contributed by atoms with Crippen molar-refractivity contribution in [3.63, 3.8) is 0 Å². The topological polar surface area (TPSA) is 66.4 Å². The molecule has 0 aliphatic heterocycles. The Kier molecular flexibility index (Phi) is 6.90. The number of aliphatic carboxylic acids is 1. The maximum Gasteiger partial charge on any atom is 0.342 e. The predicted molar refractivity (Wildman–Crippen MR) is 102 cm³/mol. The number of carboxylic acid groups (broad SMARTS) is 1. The molecule has 0 radical (unpaired) electrons. The quantitative estimate of drug-likeness (QED) is 0.645. The lowest BCUT2D eigenvalue weighted by molar-refractivity contribution is -0.131. The van der Waals surface area contributed by atoms with E-state index < -0.39 is 5.97 Å². The molecule has 7 heteroatoms. The summed E-state index contributed by atoms with van der Waals surface area (Å²) in [4.78, 5) is 23.4. The minimum atomic E-state index is -1.07. The van der Waals surface area contributed by atoms with Crippen LogP contribution in [0, 0.1) is 0 Å². The smallest absolute Gasteiger partial charge is 0.342 e. The summed E-state index contributed by atoms with van der Waals surface area (Å²) in [6.07, 6.45) is 1.54. The van der Waals surface area contributed by atoms with E-state index >= 15 is 0 Å². The maximum atomic E-state index is 11.9. The second kappa shape index (κ2) is 8.92. The molecule has 2 rings (SSSR count). The highest BCUT2D eigenvalue weighted by Crippen LogP contribution is 2.21. The largest absolute Gasteiger partial charge is 0.477 e. The number of carbonyl (C=O) groups is 2. The predicted octanol–water partition coefficient (Wildman–Crippen LogP) is 4.90. The lowest BCUT2D eigenvalue weighted by atomic mass is 10.2. The standard InChI is InChI=1S/C17H13BrClNO3S/c18-12-3-1-11(2-4-12)9-15(17(22)23)24-10-16(21)20-14-7-5-13(19)6-8-14/h1-9H,10H2,(H,20,21)(H,22,23)/b15-9+. The van der Waals surface area contributed by atoms with Gasteiger partial charge in [0.15, 0.2) is 0 Å². The van der Waals surface area contributed by atoms with Gasteiger partial charge in [0.2, 0.25) is 5.91 Å². The van der Waals surface area contributed by atoms with Gasteiger partial charge in [-0.15, -0.1) is 11.8 Å². The van der Waals surface area contributed by atoms with E-state index in [0.717, 1.165) is 21.8 Å². The van der Waals surface area contributed by atoms with Gasteiger partial charge in [-0.25, -0.2) is 4.79 Å². The summed E-state index contributed by atoms with van der Waals surface area (Å²) >= 11 is 10.1. The first-order valence-corrected chi connectivity index (χ1v) is 8.98. The Hall–Kier alpha value is -1.76. The number of nitrogens with one attached hydrogen (secondary N) is 1. The zero-order valence-corrected chi connectivity index (χ0v) is 15.5. The van der Waals surface area contributed by atoms with Crippen LogP contribution >= 0.6 is 39.3 Å². The molecule has 2 aromatic rings. The van der Waals surface area contributed by atoms with Gasteiger partial charge in [0, 0.05) is 15.2 Å². The van der Waals surface area contributed by atoms with Crippen molar-refractivity contribution < 1.29 is 14.7 Å². The Morgan fingerprint density at radius 3 is 2.33 bits per heavy atom. The van der Waals surface area contributed by atoms with Crippen LogP contribution in [0.4, 0.5) is 5.69 Å². The van der Waals surface area contributed by atoms with Gasteiger partial charge in [-0.3, -0.25) is 4.79 Å². The SMILES string of the molecule is O=C(CS/C(=C/c1ccc(Br)cc1)C(=O)O)Nc1ccc(Cl)cc1. The van der Waals surface area contributed by atoms with Gasteiger partial charge in [-0.05, 0) is 48.0 Å². The summed E-state index contributed by atoms with van der Waals surface area (Å²) in [7, 11) is 0. The normalized spacial score (nSPS) is 11.2. The maximum absolute atomic E-state index is 11.9. The third kappa shape index (κ3) is 6.03. The first-order chi connectivity index (χ1) is 11.4. The van der Waals surface area contributed by atoms with E-state index in [2.05, 4.69) is 21.2 Å². The zero-order chi connectivity index (χ0) is 17.5. The lowest BCUT2D eigenvalue weighted by Crippen LogP contribution is -2.14. The Balaban J connectivity index is 1.98. The van der Waals surface area contributed by atoms with Crippen molar-refractivity contribution in [2.24, 2.45) is 0 Å². The van der Waals surface area contributed by atoms with Gasteiger partial charge in [-0.1, -0.05) is 39.7 Å². The highest BCUT2D eigenvalue weighted by Gasteiger charge is 2.11. The number of carboxylic acids is 1. The third-order valence-electron chi connectivity index (χ3n) is 2.87. The highest BCUT2D eigenvalue weighted by atomic mass is 79.9. The fraction of sp³-hybridized carbons (Fsp3) is 0.0588. The lowest BCUT2D eigenvalue weighted by Gasteiger charge is -2.06. The number of anilines is 1. The number of amides is 1. The van der Waals surface area contributed by atoms with E-state index in [9.17, 15) is 14.7 Å². The van der Waals surface area contributed by atoms with Gasteiger partial charge in [0.25, 0.3) is 0 Å². The molecule has 0 unspecified atom stereocenters. The molecule has 0 atom stereocenters. The monoisotopic (exact) mass is 425 g/mol. The fourth-order valence-corrected chi connectivity index (χ4v) is 2.84. The minimum absolute atomic E-state index is 0.00269. The molecule has 0 aromatic heterocycles. The van der Waals surface area contributed by atoms with Gasteiger partial charge < -0.3 is 10.4 Å². The number of hydrogen-bond acceptors (Lipinski definition) is 3. The summed E-state index contributed by atoms with van der Waals surface area (Å²) in [6.45, 7) is 0. The van der Waals surface area contributed by atoms with E-state index in [4.69, 9.17) is 11.6 Å². The van der Waals surface area contributed by atoms with Crippen LogP contribution in [0.15, 0.2) is 57.9 Å². The van der Waals surface area contributed by atoms with E-state index in [0.29, 0.717) is 10.7 Å². The first-order valence-electron chi connectivity index (χ1n) is 6.83. The molecule has 0 spiro atoms. The molecule has 0 fully saturated rings. The van der Waals surface area contributed by atoms with Crippen LogP contribution in [-0.2, 0) is 9.59 Å². The number of halogens is 2. The Morgan fingerprint density at radius 1 is 1.12 bits per heavy atom. The molecule has 0 aliphatic carbocycles. The summed E-state index contributed by atoms with van der Waals surface area (Å²) in [5, 5.41) is 12.5. The van der Waals surface area contributed by atoms with Crippen LogP contribution in [0.1, 0.15) is 5.56 Å². The van der Waals surface area contributed by atoms with Crippen LogP contribution in [0.3, 0.4) is 0 Å². The minimum Gasteiger partial charge on any atom is -0.477 e. The summed E-state index contributed by atoms with van der Waals surface area (Å²) in [5.41, 5.74) is 1.36. The van der Waals surface area contributed by atoms with Crippen molar-refractivity contribution in [1.29, 1.82) is 0 Å². The Bertz CT molecular complexity index is 760. The molecule has 0 saturated carbocycles. The highest BCUT2D eigenvalue weighted by molar-refractivity contribution is 9.10. The fourth-order valence-electron chi connectivity index (χ4n) is 1.75. The zero-order valence-electron chi connectivity index (χ0n) is 12.3. The summed E-state index contributed by atoms with van der Waals surface area (Å²) in [6, 6.07) is 13.9. The molecule has 2 N–H and O–H groups in total. The van der Waals surface area contributed by atoms with Gasteiger partial charge in [-0.2, -0.15) is 0 Å². The van der Waals surface area contributed by atoms with Crippen LogP contribution in [0.5, 0.6) is 0 Å². The molecule has 0 saturated heterocycles. The van der Waals surface area contributed by atoms with Crippen molar-refractivity contribution in [2.75, 3.05) is 11.1 Å². The van der Waals surface area contributed by atoms with E-state index in [-0.39, 0.29) is 16.6 Å². The van der Waals surface area contributed by atoms with E-state index in [1.54, 1.807) is 36.4 Å². The third-order valence-corrected chi connectivity index (χ3v) is 4.66. The molecule has 0 aliphatic rings. The van der Waals surface area contributed by atoms with Gasteiger partial charge >= 0.3 is 5.97 Å². The molecular weight excluding hydrogens is 414 g/mol. The van der Waals surface area contributed by atoms with Crippen molar-refractivity contribution >= 4 is 62.9 Å². The number of rotatable bonds is 6. The molecule has 0 heterocycles. The molecule has 2 aromatic carbocycles. The first kappa shape index (κ1) is 18.6. The molecule has 0 bridgehead atoms. The van der Waals surface area contributed by atoms with Crippen LogP contribution in [-0.4, -0.2) is 22.7 Å². The van der Waals surface area contributed by atoms with Crippen LogP contribution < -0.4 is 5.32 Å². The van der Waals surface area contributed by atoms with Crippen LogP contribution in [0.25, 0.3) is 6.08 Å². The Labute approximate surface area is 157 Å².